The molecule has 8 heteroatoms. The highest BCUT2D eigenvalue weighted by molar-refractivity contribution is 8.00. The maximum atomic E-state index is 13.9. The molecule has 156 valence electrons. The first-order valence-electron chi connectivity index (χ1n) is 9.79. The van der Waals surface area contributed by atoms with Crippen LogP contribution in [-0.2, 0) is 27.2 Å². The molecule has 0 aliphatic carbocycles. The molecule has 2 aliphatic heterocycles. The molecule has 2 atom stereocenters. The molecular weight excluding hydrogens is 405 g/mol. The first-order chi connectivity index (χ1) is 14.4. The van der Waals surface area contributed by atoms with Crippen LogP contribution >= 0.6 is 11.8 Å². The lowest BCUT2D eigenvalue weighted by molar-refractivity contribution is -0.126. The third-order valence-corrected chi connectivity index (χ3v) is 6.68. The molecule has 2 aromatic rings. The minimum Gasteiger partial charge on any atom is -0.343 e. The predicted octanol–water partition coefficient (Wildman–Crippen LogP) is 2.52. The Morgan fingerprint density at radius 1 is 1.27 bits per heavy atom. The Balaban J connectivity index is 1.36. The zero-order chi connectivity index (χ0) is 21.3. The molecule has 0 saturated carbocycles. The van der Waals surface area contributed by atoms with Crippen LogP contribution in [0.2, 0.25) is 0 Å². The highest BCUT2D eigenvalue weighted by Crippen LogP contribution is 2.31. The van der Waals surface area contributed by atoms with E-state index < -0.39 is 11.3 Å². The quantitative estimate of drug-likeness (QED) is 0.786. The van der Waals surface area contributed by atoms with Crippen molar-refractivity contribution in [1.82, 2.24) is 5.32 Å². The highest BCUT2D eigenvalue weighted by Gasteiger charge is 2.33. The number of anilines is 2. The number of nitrogens with one attached hydrogen (secondary N) is 2. The Labute approximate surface area is 178 Å². The van der Waals surface area contributed by atoms with Crippen molar-refractivity contribution in [1.29, 1.82) is 0 Å². The number of benzene rings is 2. The second kappa shape index (κ2) is 8.47. The molecule has 0 aromatic heterocycles. The van der Waals surface area contributed by atoms with Gasteiger partial charge in [-0.3, -0.25) is 14.4 Å². The predicted molar refractivity (Wildman–Crippen MR) is 115 cm³/mol. The number of halogens is 1. The number of rotatable bonds is 4. The molecule has 3 amide bonds. The lowest BCUT2D eigenvalue weighted by Gasteiger charge is -2.28. The van der Waals surface area contributed by atoms with Crippen molar-refractivity contribution in [3.05, 3.63) is 59.4 Å². The van der Waals surface area contributed by atoms with Crippen molar-refractivity contribution in [2.45, 2.75) is 31.1 Å². The fraction of sp³-hybridized carbons (Fsp3) is 0.318. The topological polar surface area (TPSA) is 78.5 Å². The van der Waals surface area contributed by atoms with Crippen LogP contribution in [0.3, 0.4) is 0 Å². The van der Waals surface area contributed by atoms with Crippen LogP contribution in [0.15, 0.2) is 42.5 Å². The highest BCUT2D eigenvalue weighted by atomic mass is 32.2. The molecule has 4 rings (SSSR count). The van der Waals surface area contributed by atoms with E-state index in [9.17, 15) is 18.8 Å². The summed E-state index contributed by atoms with van der Waals surface area (Å²) in [5.41, 5.74) is 3.01. The summed E-state index contributed by atoms with van der Waals surface area (Å²) in [6, 6.07) is 11.2. The molecule has 1 fully saturated rings. The smallest absolute Gasteiger partial charge is 0.247 e. The standard InChI is InChI=1S/C22H22FN3O3S/c1-13(27)26-9-8-15-10-16(6-7-19(15)26)24-21(28)18-12-30-20(22(29)25-18)11-14-4-2-3-5-17(14)23/h2-7,10,18,20H,8-9,11-12H2,1H3,(H,24,28)(H,25,29)/t18-,20+/m1/s1. The summed E-state index contributed by atoms with van der Waals surface area (Å²) in [6.45, 7) is 2.18. The summed E-state index contributed by atoms with van der Waals surface area (Å²) >= 11 is 1.36. The number of carbonyl (C=O) groups excluding carboxylic acids is 3. The molecule has 30 heavy (non-hydrogen) atoms. The van der Waals surface area contributed by atoms with E-state index in [2.05, 4.69) is 10.6 Å². The van der Waals surface area contributed by atoms with Gasteiger partial charge in [0, 0.05) is 30.6 Å². The van der Waals surface area contributed by atoms with Gasteiger partial charge in [-0.2, -0.15) is 0 Å². The third-order valence-electron chi connectivity index (χ3n) is 5.38. The van der Waals surface area contributed by atoms with Crippen LogP contribution in [0.4, 0.5) is 15.8 Å². The maximum Gasteiger partial charge on any atom is 0.247 e. The number of fused-ring (bicyclic) bond motifs is 1. The normalized spacial score (nSPS) is 20.5. The number of nitrogens with zero attached hydrogens (tertiary/aromatic N) is 1. The molecule has 2 aromatic carbocycles. The minimum absolute atomic E-state index is 0.00239. The molecule has 0 unspecified atom stereocenters. The molecule has 0 bridgehead atoms. The van der Waals surface area contributed by atoms with Gasteiger partial charge in [-0.1, -0.05) is 18.2 Å². The van der Waals surface area contributed by atoms with Crippen LogP contribution in [0, 0.1) is 5.82 Å². The lowest BCUT2D eigenvalue weighted by atomic mass is 10.1. The Bertz CT molecular complexity index is 1010. The minimum atomic E-state index is -0.652. The van der Waals surface area contributed by atoms with E-state index >= 15 is 0 Å². The first kappa shape index (κ1) is 20.4. The average molecular weight is 428 g/mol. The van der Waals surface area contributed by atoms with Crippen molar-refractivity contribution in [2.24, 2.45) is 0 Å². The molecule has 2 heterocycles. The zero-order valence-corrected chi connectivity index (χ0v) is 17.3. The van der Waals surface area contributed by atoms with Gasteiger partial charge in [-0.05, 0) is 48.2 Å². The number of hydrogen-bond acceptors (Lipinski definition) is 4. The molecule has 2 N–H and O–H groups in total. The Morgan fingerprint density at radius 2 is 2.07 bits per heavy atom. The van der Waals surface area contributed by atoms with Crippen molar-refractivity contribution in [2.75, 3.05) is 22.5 Å². The number of thioether (sulfide) groups is 1. The van der Waals surface area contributed by atoms with Crippen LogP contribution in [0.25, 0.3) is 0 Å². The third kappa shape index (κ3) is 4.18. The van der Waals surface area contributed by atoms with Gasteiger partial charge in [0.2, 0.25) is 17.7 Å². The largest absolute Gasteiger partial charge is 0.343 e. The zero-order valence-electron chi connectivity index (χ0n) is 16.5. The van der Waals surface area contributed by atoms with Gasteiger partial charge in [0.15, 0.2) is 0 Å². The molecule has 6 nitrogen and oxygen atoms in total. The molecular formula is C22H22FN3O3S. The van der Waals surface area contributed by atoms with Crippen molar-refractivity contribution in [3.63, 3.8) is 0 Å². The van der Waals surface area contributed by atoms with E-state index in [0.717, 1.165) is 17.7 Å². The second-order valence-corrected chi connectivity index (χ2v) is 8.67. The molecule has 0 radical (unpaired) electrons. The summed E-state index contributed by atoms with van der Waals surface area (Å²) in [7, 11) is 0. The van der Waals surface area contributed by atoms with Gasteiger partial charge < -0.3 is 15.5 Å². The number of amides is 3. The van der Waals surface area contributed by atoms with Crippen molar-refractivity contribution in [3.8, 4) is 0 Å². The fourth-order valence-electron chi connectivity index (χ4n) is 3.79. The van der Waals surface area contributed by atoms with E-state index in [-0.39, 0.29) is 30.0 Å². The van der Waals surface area contributed by atoms with E-state index in [1.807, 2.05) is 12.1 Å². The van der Waals surface area contributed by atoms with Crippen LogP contribution in [-0.4, -0.2) is 41.3 Å². The molecule has 0 spiro atoms. The molecule has 2 aliphatic rings. The fourth-order valence-corrected chi connectivity index (χ4v) is 4.96. The van der Waals surface area contributed by atoms with Gasteiger partial charge >= 0.3 is 0 Å². The van der Waals surface area contributed by atoms with E-state index in [1.54, 1.807) is 29.2 Å². The SMILES string of the molecule is CC(=O)N1CCc2cc(NC(=O)[C@H]3CS[C@@H](Cc4ccccc4F)C(=O)N3)ccc21. The first-order valence-corrected chi connectivity index (χ1v) is 10.8. The van der Waals surface area contributed by atoms with Crippen molar-refractivity contribution >= 4 is 40.9 Å². The Hall–Kier alpha value is -2.87. The maximum absolute atomic E-state index is 13.9. The van der Waals surface area contributed by atoms with E-state index in [0.29, 0.717) is 23.5 Å². The summed E-state index contributed by atoms with van der Waals surface area (Å²) in [5, 5.41) is 5.18. The summed E-state index contributed by atoms with van der Waals surface area (Å²) < 4.78 is 13.9. The second-order valence-electron chi connectivity index (χ2n) is 7.43. The summed E-state index contributed by atoms with van der Waals surface area (Å²) in [5.74, 6) is -0.467. The Morgan fingerprint density at radius 3 is 2.80 bits per heavy atom. The lowest BCUT2D eigenvalue weighted by Crippen LogP contribution is -2.52. The number of carbonyl (C=O) groups is 3. The summed E-state index contributed by atoms with van der Waals surface area (Å²) in [6.07, 6.45) is 1.03. The molecule has 1 saturated heterocycles. The van der Waals surface area contributed by atoms with Gasteiger partial charge in [-0.15, -0.1) is 11.8 Å². The van der Waals surface area contributed by atoms with Crippen LogP contribution < -0.4 is 15.5 Å². The van der Waals surface area contributed by atoms with Gasteiger partial charge in [0.1, 0.15) is 11.9 Å². The van der Waals surface area contributed by atoms with Gasteiger partial charge in [-0.25, -0.2) is 4.39 Å². The van der Waals surface area contributed by atoms with Gasteiger partial charge in [0.05, 0.1) is 5.25 Å². The van der Waals surface area contributed by atoms with Gasteiger partial charge in [0.25, 0.3) is 0 Å². The Kier molecular flexibility index (Phi) is 5.76. The summed E-state index contributed by atoms with van der Waals surface area (Å²) in [4.78, 5) is 38.5. The average Bonchev–Trinajstić information content (AvgIpc) is 3.14. The van der Waals surface area contributed by atoms with Crippen LogP contribution in [0.5, 0.6) is 0 Å². The van der Waals surface area contributed by atoms with E-state index in [4.69, 9.17) is 0 Å². The number of hydrogen-bond donors (Lipinski definition) is 2. The monoisotopic (exact) mass is 427 g/mol. The van der Waals surface area contributed by atoms with Crippen LogP contribution in [0.1, 0.15) is 18.1 Å². The van der Waals surface area contributed by atoms with E-state index in [1.165, 1.54) is 24.8 Å². The van der Waals surface area contributed by atoms with Crippen molar-refractivity contribution < 1.29 is 18.8 Å².